The van der Waals surface area contributed by atoms with Crippen molar-refractivity contribution in [2.24, 2.45) is 0 Å². The molecule has 2 N–H and O–H groups in total. The number of rotatable bonds is 7. The number of phenolic OH excluding ortho intramolecular Hbond substituents is 1. The standard InChI is InChI=1S/C24H18Cl2N2O4/c1-31-23-11-15(2-9-22(23)32-14-16-3-4-18(25)12-21(16)26)10-17(13-27)24(30)28-19-5-7-20(29)8-6-19/h2-12,29H,14H2,1H3,(H,28,30)/b17-10-. The maximum absolute atomic E-state index is 12.4. The van der Waals surface area contributed by atoms with Crippen LogP contribution >= 0.6 is 23.2 Å². The molecule has 3 aromatic rings. The Kier molecular flexibility index (Phi) is 7.61. The van der Waals surface area contributed by atoms with Gasteiger partial charge in [0.25, 0.3) is 5.91 Å². The number of carbonyl (C=O) groups excluding carboxylic acids is 1. The van der Waals surface area contributed by atoms with Crippen molar-refractivity contribution in [2.75, 3.05) is 12.4 Å². The fraction of sp³-hybridized carbons (Fsp3) is 0.0833. The SMILES string of the molecule is COc1cc(/C=C(/C#N)C(=O)Nc2ccc(O)cc2)ccc1OCc1ccc(Cl)cc1Cl. The summed E-state index contributed by atoms with van der Waals surface area (Å²) in [7, 11) is 1.49. The second-order valence-corrected chi connectivity index (χ2v) is 7.45. The summed E-state index contributed by atoms with van der Waals surface area (Å²) in [4.78, 5) is 12.4. The van der Waals surface area contributed by atoms with E-state index >= 15 is 0 Å². The lowest BCUT2D eigenvalue weighted by molar-refractivity contribution is -0.112. The van der Waals surface area contributed by atoms with Crippen LogP contribution in [0.5, 0.6) is 17.2 Å². The van der Waals surface area contributed by atoms with E-state index in [9.17, 15) is 15.2 Å². The Balaban J connectivity index is 1.75. The number of ether oxygens (including phenoxy) is 2. The Morgan fingerprint density at radius 1 is 1.09 bits per heavy atom. The number of benzene rings is 3. The van der Waals surface area contributed by atoms with Gasteiger partial charge in [0.2, 0.25) is 0 Å². The number of carbonyl (C=O) groups is 1. The first-order valence-corrected chi connectivity index (χ1v) is 10.1. The van der Waals surface area contributed by atoms with Gasteiger partial charge in [0, 0.05) is 21.3 Å². The van der Waals surface area contributed by atoms with Crippen LogP contribution in [0, 0.1) is 11.3 Å². The number of hydrogen-bond acceptors (Lipinski definition) is 5. The molecule has 0 heterocycles. The molecular formula is C24H18Cl2N2O4. The lowest BCUT2D eigenvalue weighted by atomic mass is 10.1. The molecule has 0 aliphatic carbocycles. The first-order valence-electron chi connectivity index (χ1n) is 9.36. The van der Waals surface area contributed by atoms with Crippen LogP contribution in [-0.4, -0.2) is 18.1 Å². The van der Waals surface area contributed by atoms with E-state index in [4.69, 9.17) is 32.7 Å². The van der Waals surface area contributed by atoms with Gasteiger partial charge >= 0.3 is 0 Å². The molecule has 0 bridgehead atoms. The summed E-state index contributed by atoms with van der Waals surface area (Å²) in [5, 5.41) is 22.4. The van der Waals surface area contributed by atoms with Gasteiger partial charge in [-0.1, -0.05) is 35.3 Å². The molecule has 0 fully saturated rings. The number of nitrogens with one attached hydrogen (secondary N) is 1. The maximum atomic E-state index is 12.4. The summed E-state index contributed by atoms with van der Waals surface area (Å²) in [5.74, 6) is 0.407. The number of halogens is 2. The zero-order chi connectivity index (χ0) is 23.1. The summed E-state index contributed by atoms with van der Waals surface area (Å²) in [6, 6.07) is 18.0. The Labute approximate surface area is 195 Å². The molecule has 0 aliphatic rings. The number of hydrogen-bond donors (Lipinski definition) is 2. The minimum atomic E-state index is -0.574. The molecule has 0 saturated heterocycles. The second kappa shape index (κ2) is 10.6. The van der Waals surface area contributed by atoms with E-state index < -0.39 is 5.91 Å². The van der Waals surface area contributed by atoms with Crippen LogP contribution < -0.4 is 14.8 Å². The predicted octanol–water partition coefficient (Wildman–Crippen LogP) is 5.83. The van der Waals surface area contributed by atoms with Crippen LogP contribution in [0.25, 0.3) is 6.08 Å². The maximum Gasteiger partial charge on any atom is 0.266 e. The predicted molar refractivity (Wildman–Crippen MR) is 124 cm³/mol. The number of aromatic hydroxyl groups is 1. The molecule has 0 aromatic heterocycles. The zero-order valence-electron chi connectivity index (χ0n) is 16.9. The third-order valence-electron chi connectivity index (χ3n) is 4.39. The van der Waals surface area contributed by atoms with Crippen molar-refractivity contribution >= 4 is 40.9 Å². The molecule has 32 heavy (non-hydrogen) atoms. The van der Waals surface area contributed by atoms with Gasteiger partial charge in [0.05, 0.1) is 7.11 Å². The lowest BCUT2D eigenvalue weighted by Crippen LogP contribution is -2.13. The van der Waals surface area contributed by atoms with Gasteiger partial charge in [0.15, 0.2) is 11.5 Å². The molecule has 162 valence electrons. The molecule has 0 spiro atoms. The number of anilines is 1. The van der Waals surface area contributed by atoms with E-state index in [2.05, 4.69) is 5.32 Å². The topological polar surface area (TPSA) is 91.6 Å². The Hall–Kier alpha value is -3.66. The lowest BCUT2D eigenvalue weighted by Gasteiger charge is -2.12. The highest BCUT2D eigenvalue weighted by Crippen LogP contribution is 2.31. The van der Waals surface area contributed by atoms with Crippen molar-refractivity contribution in [3.8, 4) is 23.3 Å². The number of nitriles is 1. The highest BCUT2D eigenvalue weighted by Gasteiger charge is 2.12. The van der Waals surface area contributed by atoms with Crippen molar-refractivity contribution in [3.05, 3.63) is 87.4 Å². The monoisotopic (exact) mass is 468 g/mol. The van der Waals surface area contributed by atoms with E-state index in [-0.39, 0.29) is 17.9 Å². The van der Waals surface area contributed by atoms with Gasteiger partial charge in [0.1, 0.15) is 24.0 Å². The van der Waals surface area contributed by atoms with Crippen molar-refractivity contribution in [1.82, 2.24) is 0 Å². The van der Waals surface area contributed by atoms with Gasteiger partial charge in [-0.3, -0.25) is 4.79 Å². The summed E-state index contributed by atoms with van der Waals surface area (Å²) >= 11 is 12.1. The molecule has 0 atom stereocenters. The molecular weight excluding hydrogens is 451 g/mol. The van der Waals surface area contributed by atoms with E-state index in [1.807, 2.05) is 6.07 Å². The van der Waals surface area contributed by atoms with Crippen LogP contribution in [0.2, 0.25) is 10.0 Å². The molecule has 0 radical (unpaired) electrons. The Bertz CT molecular complexity index is 1200. The molecule has 3 rings (SSSR count). The highest BCUT2D eigenvalue weighted by atomic mass is 35.5. The Morgan fingerprint density at radius 2 is 1.84 bits per heavy atom. The number of methoxy groups -OCH3 is 1. The molecule has 0 unspecified atom stereocenters. The fourth-order valence-electron chi connectivity index (χ4n) is 2.75. The minimum Gasteiger partial charge on any atom is -0.508 e. The number of amides is 1. The quantitative estimate of drug-likeness (QED) is 0.258. The molecule has 0 saturated carbocycles. The summed E-state index contributed by atoms with van der Waals surface area (Å²) in [6.07, 6.45) is 1.44. The normalized spacial score (nSPS) is 10.9. The van der Waals surface area contributed by atoms with Crippen LogP contribution in [0.3, 0.4) is 0 Å². The average molecular weight is 469 g/mol. The van der Waals surface area contributed by atoms with E-state index in [1.165, 1.54) is 37.5 Å². The first-order chi connectivity index (χ1) is 15.4. The van der Waals surface area contributed by atoms with E-state index in [0.29, 0.717) is 32.8 Å². The number of phenols is 1. The molecule has 0 aliphatic heterocycles. The molecule has 8 heteroatoms. The van der Waals surface area contributed by atoms with Gasteiger partial charge < -0.3 is 19.9 Å². The summed E-state index contributed by atoms with van der Waals surface area (Å²) in [6.45, 7) is 0.208. The number of nitrogens with zero attached hydrogens (tertiary/aromatic N) is 1. The van der Waals surface area contributed by atoms with E-state index in [0.717, 1.165) is 5.56 Å². The van der Waals surface area contributed by atoms with Crippen LogP contribution in [0.15, 0.2) is 66.2 Å². The van der Waals surface area contributed by atoms with Gasteiger partial charge in [-0.2, -0.15) is 5.26 Å². The zero-order valence-corrected chi connectivity index (χ0v) is 18.4. The third kappa shape index (κ3) is 5.94. The van der Waals surface area contributed by atoms with Crippen molar-refractivity contribution < 1.29 is 19.4 Å². The third-order valence-corrected chi connectivity index (χ3v) is 4.97. The largest absolute Gasteiger partial charge is 0.508 e. The van der Waals surface area contributed by atoms with Gasteiger partial charge in [-0.25, -0.2) is 0 Å². The fourth-order valence-corrected chi connectivity index (χ4v) is 3.21. The van der Waals surface area contributed by atoms with Crippen LogP contribution in [0.1, 0.15) is 11.1 Å². The van der Waals surface area contributed by atoms with Gasteiger partial charge in [-0.15, -0.1) is 0 Å². The highest BCUT2D eigenvalue weighted by molar-refractivity contribution is 6.35. The summed E-state index contributed by atoms with van der Waals surface area (Å²) in [5.41, 5.74) is 1.70. The molecule has 1 amide bonds. The van der Waals surface area contributed by atoms with Crippen molar-refractivity contribution in [2.45, 2.75) is 6.61 Å². The van der Waals surface area contributed by atoms with E-state index in [1.54, 1.807) is 36.4 Å². The summed E-state index contributed by atoms with van der Waals surface area (Å²) < 4.78 is 11.2. The van der Waals surface area contributed by atoms with Crippen LogP contribution in [0.4, 0.5) is 5.69 Å². The first kappa shape index (κ1) is 23.0. The Morgan fingerprint density at radius 3 is 2.50 bits per heavy atom. The second-order valence-electron chi connectivity index (χ2n) is 6.61. The molecule has 3 aromatic carbocycles. The van der Waals surface area contributed by atoms with Crippen LogP contribution in [-0.2, 0) is 11.4 Å². The average Bonchev–Trinajstić information content (AvgIpc) is 2.78. The smallest absolute Gasteiger partial charge is 0.266 e. The van der Waals surface area contributed by atoms with Crippen molar-refractivity contribution in [3.63, 3.8) is 0 Å². The van der Waals surface area contributed by atoms with Crippen molar-refractivity contribution in [1.29, 1.82) is 5.26 Å². The minimum absolute atomic E-state index is 0.0757. The van der Waals surface area contributed by atoms with Gasteiger partial charge in [-0.05, 0) is 60.2 Å². The molecule has 6 nitrogen and oxygen atoms in total.